The summed E-state index contributed by atoms with van der Waals surface area (Å²) in [6.07, 6.45) is 2.29. The Kier molecular flexibility index (Phi) is 5.49. The van der Waals surface area contributed by atoms with Gasteiger partial charge in [0.15, 0.2) is 6.29 Å². The summed E-state index contributed by atoms with van der Waals surface area (Å²) in [5.74, 6) is -0.665. The summed E-state index contributed by atoms with van der Waals surface area (Å²) in [6, 6.07) is 3.90. The molecule has 1 aliphatic heterocycles. The minimum absolute atomic E-state index is 0.168. The highest BCUT2D eigenvalue weighted by atomic mass is 19.1. The fourth-order valence-electron chi connectivity index (χ4n) is 2.40. The molecule has 1 N–H and O–H groups in total. The van der Waals surface area contributed by atoms with Gasteiger partial charge in [-0.1, -0.05) is 6.08 Å². The molecular formula is C18H23BFNO4. The van der Waals surface area contributed by atoms with Crippen LogP contribution in [0.3, 0.4) is 0 Å². The quantitative estimate of drug-likeness (QED) is 0.657. The third kappa shape index (κ3) is 4.35. The van der Waals surface area contributed by atoms with Crippen LogP contribution in [0.2, 0.25) is 0 Å². The van der Waals surface area contributed by atoms with E-state index in [0.29, 0.717) is 22.9 Å². The summed E-state index contributed by atoms with van der Waals surface area (Å²) in [7, 11) is -0.709. The van der Waals surface area contributed by atoms with Crippen LogP contribution in [0.15, 0.2) is 23.7 Å². The van der Waals surface area contributed by atoms with Gasteiger partial charge < -0.3 is 14.6 Å². The molecule has 0 bridgehead atoms. The summed E-state index contributed by atoms with van der Waals surface area (Å²) >= 11 is 0. The first kappa shape index (κ1) is 19.3. The van der Waals surface area contributed by atoms with E-state index in [1.165, 1.54) is 25.1 Å². The van der Waals surface area contributed by atoms with Gasteiger partial charge >= 0.3 is 7.12 Å². The van der Waals surface area contributed by atoms with E-state index in [2.05, 4.69) is 5.32 Å². The maximum Gasteiger partial charge on any atom is 0.492 e. The van der Waals surface area contributed by atoms with E-state index in [0.717, 1.165) is 0 Å². The van der Waals surface area contributed by atoms with Crippen LogP contribution in [0.4, 0.5) is 4.39 Å². The maximum absolute atomic E-state index is 13.6. The lowest BCUT2D eigenvalue weighted by Crippen LogP contribution is -2.41. The van der Waals surface area contributed by atoms with Gasteiger partial charge in [-0.25, -0.2) is 4.39 Å². The number of rotatable bonds is 5. The molecule has 1 aliphatic rings. The topological polar surface area (TPSA) is 64.6 Å². The molecule has 0 aliphatic carbocycles. The number of amides is 1. The fraction of sp³-hybridized carbons (Fsp3) is 0.444. The zero-order valence-corrected chi connectivity index (χ0v) is 15.2. The number of carbonyl (C=O) groups is 2. The summed E-state index contributed by atoms with van der Waals surface area (Å²) in [6.45, 7) is 9.25. The minimum Gasteiger partial charge on any atom is -0.400 e. The Morgan fingerprint density at radius 1 is 1.20 bits per heavy atom. The molecule has 1 aromatic rings. The largest absolute Gasteiger partial charge is 0.492 e. The Labute approximate surface area is 147 Å². The van der Waals surface area contributed by atoms with Gasteiger partial charge in [0.25, 0.3) is 0 Å². The number of hydrogen-bond acceptors (Lipinski definition) is 4. The van der Waals surface area contributed by atoms with Crippen LogP contribution in [0.25, 0.3) is 6.08 Å². The van der Waals surface area contributed by atoms with Crippen molar-refractivity contribution < 1.29 is 23.3 Å². The SMILES string of the molecule is CC(=O)NCC(=Cc1cc(F)ccc1C=O)B1OC(C)(C)C(C)(C)O1. The molecule has 7 heteroatoms. The molecule has 1 saturated heterocycles. The second-order valence-electron chi connectivity index (χ2n) is 7.11. The van der Waals surface area contributed by atoms with Crippen molar-refractivity contribution in [3.05, 3.63) is 40.6 Å². The molecule has 0 atom stereocenters. The Morgan fingerprint density at radius 3 is 2.32 bits per heavy atom. The number of aldehydes is 1. The molecule has 1 aromatic carbocycles. The lowest BCUT2D eigenvalue weighted by molar-refractivity contribution is -0.118. The zero-order valence-electron chi connectivity index (χ0n) is 15.2. The second-order valence-corrected chi connectivity index (χ2v) is 7.11. The summed E-state index contributed by atoms with van der Waals surface area (Å²) in [5, 5.41) is 2.70. The van der Waals surface area contributed by atoms with Crippen LogP contribution in [0.5, 0.6) is 0 Å². The number of nitrogens with one attached hydrogen (secondary N) is 1. The molecule has 1 heterocycles. The van der Waals surface area contributed by atoms with Gasteiger partial charge in [0.2, 0.25) is 5.91 Å². The summed E-state index contributed by atoms with van der Waals surface area (Å²) in [5.41, 5.74) is 0.246. The normalized spacial score (nSPS) is 19.0. The van der Waals surface area contributed by atoms with Crippen molar-refractivity contribution in [1.82, 2.24) is 5.32 Å². The van der Waals surface area contributed by atoms with E-state index in [9.17, 15) is 14.0 Å². The van der Waals surface area contributed by atoms with Crippen LogP contribution < -0.4 is 5.32 Å². The molecule has 0 spiro atoms. The highest BCUT2D eigenvalue weighted by Crippen LogP contribution is 2.38. The summed E-state index contributed by atoms with van der Waals surface area (Å²) in [4.78, 5) is 22.5. The fourth-order valence-corrected chi connectivity index (χ4v) is 2.40. The molecule has 0 radical (unpaired) electrons. The molecule has 25 heavy (non-hydrogen) atoms. The Bertz CT molecular complexity index is 699. The van der Waals surface area contributed by atoms with Crippen molar-refractivity contribution in [2.24, 2.45) is 0 Å². The van der Waals surface area contributed by atoms with E-state index in [-0.39, 0.29) is 12.5 Å². The van der Waals surface area contributed by atoms with Gasteiger partial charge in [0, 0.05) is 19.0 Å². The zero-order chi connectivity index (χ0) is 18.8. The van der Waals surface area contributed by atoms with Gasteiger partial charge in [-0.3, -0.25) is 9.59 Å². The first-order chi connectivity index (χ1) is 11.6. The van der Waals surface area contributed by atoms with Crippen molar-refractivity contribution in [3.8, 4) is 0 Å². The van der Waals surface area contributed by atoms with E-state index >= 15 is 0 Å². The average molecular weight is 347 g/mol. The molecule has 134 valence electrons. The van der Waals surface area contributed by atoms with Gasteiger partial charge in [-0.05, 0) is 56.9 Å². The predicted octanol–water partition coefficient (Wildman–Crippen LogP) is 2.79. The van der Waals surface area contributed by atoms with Crippen molar-refractivity contribution >= 4 is 25.4 Å². The molecule has 0 unspecified atom stereocenters. The Hall–Kier alpha value is -1.99. The number of carbonyl (C=O) groups excluding carboxylic acids is 2. The molecule has 0 aromatic heterocycles. The predicted molar refractivity (Wildman–Crippen MR) is 94.5 cm³/mol. The molecule has 2 rings (SSSR count). The van der Waals surface area contributed by atoms with Gasteiger partial charge in [-0.2, -0.15) is 0 Å². The third-order valence-corrected chi connectivity index (χ3v) is 4.61. The third-order valence-electron chi connectivity index (χ3n) is 4.61. The lowest BCUT2D eigenvalue weighted by Gasteiger charge is -2.32. The molecule has 1 amide bonds. The Morgan fingerprint density at radius 2 is 1.80 bits per heavy atom. The van der Waals surface area contributed by atoms with Crippen molar-refractivity contribution in [3.63, 3.8) is 0 Å². The average Bonchev–Trinajstić information content (AvgIpc) is 2.71. The number of hydrogen-bond donors (Lipinski definition) is 1. The number of halogens is 1. The van der Waals surface area contributed by atoms with E-state index in [1.54, 1.807) is 6.08 Å². The van der Waals surface area contributed by atoms with Crippen LogP contribution in [0.1, 0.15) is 50.5 Å². The van der Waals surface area contributed by atoms with Gasteiger partial charge in [0.05, 0.1) is 11.2 Å². The molecular weight excluding hydrogens is 324 g/mol. The Balaban J connectivity index is 2.42. The minimum atomic E-state index is -0.709. The van der Waals surface area contributed by atoms with Crippen molar-refractivity contribution in [1.29, 1.82) is 0 Å². The van der Waals surface area contributed by atoms with Crippen LogP contribution >= 0.6 is 0 Å². The second kappa shape index (κ2) is 7.10. The smallest absolute Gasteiger partial charge is 0.400 e. The first-order valence-corrected chi connectivity index (χ1v) is 8.11. The van der Waals surface area contributed by atoms with Gasteiger partial charge in [0.1, 0.15) is 5.82 Å². The summed E-state index contributed by atoms with van der Waals surface area (Å²) < 4.78 is 25.6. The molecule has 5 nitrogen and oxygen atoms in total. The van der Waals surface area contributed by atoms with Crippen molar-refractivity contribution in [2.75, 3.05) is 6.54 Å². The van der Waals surface area contributed by atoms with Crippen molar-refractivity contribution in [2.45, 2.75) is 45.8 Å². The standard InChI is InChI=1S/C18H23BFNO4/c1-12(23)21-10-15(19-24-17(2,3)18(4,5)25-19)8-14-9-16(20)7-6-13(14)11-22/h6-9,11H,10H2,1-5H3,(H,21,23). The monoisotopic (exact) mass is 347 g/mol. The molecule has 0 saturated carbocycles. The van der Waals surface area contributed by atoms with E-state index < -0.39 is 24.1 Å². The van der Waals surface area contributed by atoms with Crippen LogP contribution in [-0.4, -0.2) is 37.1 Å². The van der Waals surface area contributed by atoms with Crippen LogP contribution in [0, 0.1) is 5.82 Å². The number of benzene rings is 1. The first-order valence-electron chi connectivity index (χ1n) is 8.11. The maximum atomic E-state index is 13.6. The lowest BCUT2D eigenvalue weighted by atomic mass is 9.76. The van der Waals surface area contributed by atoms with Crippen LogP contribution in [-0.2, 0) is 14.1 Å². The van der Waals surface area contributed by atoms with Gasteiger partial charge in [-0.15, -0.1) is 0 Å². The van der Waals surface area contributed by atoms with E-state index in [4.69, 9.17) is 9.31 Å². The highest BCUT2D eigenvalue weighted by molar-refractivity contribution is 6.56. The van der Waals surface area contributed by atoms with E-state index in [1.807, 2.05) is 27.7 Å². The molecule has 1 fully saturated rings. The highest BCUT2D eigenvalue weighted by Gasteiger charge is 2.52.